The topological polar surface area (TPSA) is 56.1 Å². The Balaban J connectivity index is 1.79. The maximum atomic E-state index is 11.9. The molecule has 4 nitrogen and oxygen atoms in total. The molecule has 23 heavy (non-hydrogen) atoms. The van der Waals surface area contributed by atoms with Gasteiger partial charge in [-0.05, 0) is 49.0 Å². The van der Waals surface area contributed by atoms with Gasteiger partial charge in [0.2, 0.25) is 5.91 Å². The normalized spacial score (nSPS) is 10.3. The van der Waals surface area contributed by atoms with E-state index in [9.17, 15) is 4.79 Å². The van der Waals surface area contributed by atoms with Crippen molar-refractivity contribution in [2.75, 3.05) is 18.9 Å². The number of rotatable bonds is 6. The van der Waals surface area contributed by atoms with Gasteiger partial charge in [0.25, 0.3) is 0 Å². The Bertz CT molecular complexity index is 707. The molecule has 0 aliphatic heterocycles. The van der Waals surface area contributed by atoms with Crippen LogP contribution in [0.5, 0.6) is 0 Å². The second kappa shape index (κ2) is 8.33. The first-order valence-corrected chi connectivity index (χ1v) is 7.67. The number of carbonyl (C=O) groups is 1. The summed E-state index contributed by atoms with van der Waals surface area (Å²) >= 11 is 5.81. The minimum Gasteiger partial charge on any atom is -0.326 e. The van der Waals surface area contributed by atoms with Gasteiger partial charge in [-0.3, -0.25) is 4.79 Å². The van der Waals surface area contributed by atoms with Crippen LogP contribution in [0.15, 0.2) is 48.5 Å². The molecule has 0 fully saturated rings. The third kappa shape index (κ3) is 5.74. The highest BCUT2D eigenvalue weighted by Gasteiger charge is 2.06. The van der Waals surface area contributed by atoms with Gasteiger partial charge in [-0.15, -0.1) is 0 Å². The molecular weight excluding hydrogens is 310 g/mol. The molecule has 0 spiro atoms. The maximum absolute atomic E-state index is 11.9. The van der Waals surface area contributed by atoms with Gasteiger partial charge in [-0.25, -0.2) is 0 Å². The van der Waals surface area contributed by atoms with Crippen LogP contribution in [-0.2, 0) is 11.3 Å². The molecule has 5 heteroatoms. The zero-order valence-corrected chi connectivity index (χ0v) is 13.7. The highest BCUT2D eigenvalue weighted by molar-refractivity contribution is 6.30. The molecule has 2 rings (SSSR count). The lowest BCUT2D eigenvalue weighted by molar-refractivity contribution is -0.116. The van der Waals surface area contributed by atoms with E-state index in [1.165, 1.54) is 0 Å². The molecule has 2 aromatic carbocycles. The molecule has 0 saturated heterocycles. The van der Waals surface area contributed by atoms with Crippen molar-refractivity contribution in [1.29, 1.82) is 5.26 Å². The first kappa shape index (κ1) is 17.0. The van der Waals surface area contributed by atoms with E-state index in [0.29, 0.717) is 30.1 Å². The van der Waals surface area contributed by atoms with Crippen molar-refractivity contribution >= 4 is 23.2 Å². The third-order valence-corrected chi connectivity index (χ3v) is 3.61. The predicted molar refractivity (Wildman–Crippen MR) is 92.2 cm³/mol. The highest BCUT2D eigenvalue weighted by atomic mass is 35.5. The summed E-state index contributed by atoms with van der Waals surface area (Å²) in [7, 11) is 1.95. The molecule has 1 N–H and O–H groups in total. The Kier molecular flexibility index (Phi) is 6.16. The summed E-state index contributed by atoms with van der Waals surface area (Å²) in [6.07, 6.45) is 0.400. The molecule has 0 radical (unpaired) electrons. The largest absolute Gasteiger partial charge is 0.326 e. The number of amides is 1. The lowest BCUT2D eigenvalue weighted by atomic mass is 10.1. The molecule has 118 valence electrons. The fourth-order valence-corrected chi connectivity index (χ4v) is 2.31. The van der Waals surface area contributed by atoms with Crippen LogP contribution in [0.4, 0.5) is 5.69 Å². The number of anilines is 1. The molecule has 0 aromatic heterocycles. The van der Waals surface area contributed by atoms with Crippen molar-refractivity contribution in [2.45, 2.75) is 13.0 Å². The van der Waals surface area contributed by atoms with Gasteiger partial charge in [0, 0.05) is 30.2 Å². The Morgan fingerprint density at radius 1 is 1.26 bits per heavy atom. The standard InChI is InChI=1S/C18H18ClN3O/c1-22(13-15-4-2-3-14(11-15)12-20)10-9-18(23)21-17-7-5-16(19)6-8-17/h2-8,11H,9-10,13H2,1H3,(H,21,23). The molecule has 0 bridgehead atoms. The van der Waals surface area contributed by atoms with Crippen LogP contribution in [0.25, 0.3) is 0 Å². The summed E-state index contributed by atoms with van der Waals surface area (Å²) < 4.78 is 0. The number of benzene rings is 2. The number of nitrogens with one attached hydrogen (secondary N) is 1. The third-order valence-electron chi connectivity index (χ3n) is 3.36. The lowest BCUT2D eigenvalue weighted by Gasteiger charge is -2.16. The SMILES string of the molecule is CN(CCC(=O)Nc1ccc(Cl)cc1)Cc1cccc(C#N)c1. The molecular formula is C18H18ClN3O. The van der Waals surface area contributed by atoms with Crippen LogP contribution in [0, 0.1) is 11.3 Å². The van der Waals surface area contributed by atoms with Crippen LogP contribution in [0.2, 0.25) is 5.02 Å². The zero-order valence-electron chi connectivity index (χ0n) is 12.9. The van der Waals surface area contributed by atoms with E-state index in [4.69, 9.17) is 16.9 Å². The lowest BCUT2D eigenvalue weighted by Crippen LogP contribution is -2.24. The molecule has 0 aliphatic rings. The monoisotopic (exact) mass is 327 g/mol. The van der Waals surface area contributed by atoms with Gasteiger partial charge >= 0.3 is 0 Å². The van der Waals surface area contributed by atoms with Crippen LogP contribution >= 0.6 is 11.6 Å². The van der Waals surface area contributed by atoms with Crippen LogP contribution in [-0.4, -0.2) is 24.4 Å². The first-order valence-electron chi connectivity index (χ1n) is 7.30. The number of hydrogen-bond donors (Lipinski definition) is 1. The molecule has 2 aromatic rings. The van der Waals surface area contributed by atoms with Gasteiger partial charge < -0.3 is 10.2 Å². The van der Waals surface area contributed by atoms with Crippen molar-refractivity contribution in [1.82, 2.24) is 4.90 Å². The maximum Gasteiger partial charge on any atom is 0.225 e. The smallest absolute Gasteiger partial charge is 0.225 e. The average molecular weight is 328 g/mol. The predicted octanol–water partition coefficient (Wildman–Crippen LogP) is 3.67. The van der Waals surface area contributed by atoms with Crippen LogP contribution in [0.3, 0.4) is 0 Å². The van der Waals surface area contributed by atoms with Gasteiger partial charge in [-0.1, -0.05) is 23.7 Å². The fraction of sp³-hybridized carbons (Fsp3) is 0.222. The number of carbonyl (C=O) groups excluding carboxylic acids is 1. The Morgan fingerprint density at radius 2 is 2.00 bits per heavy atom. The quantitative estimate of drug-likeness (QED) is 0.880. The Morgan fingerprint density at radius 3 is 2.70 bits per heavy atom. The van der Waals surface area contributed by atoms with E-state index in [2.05, 4.69) is 16.3 Å². The Labute approximate surface area is 141 Å². The summed E-state index contributed by atoms with van der Waals surface area (Å²) in [6, 6.07) is 16.7. The van der Waals surface area contributed by atoms with Crippen molar-refractivity contribution in [2.24, 2.45) is 0 Å². The van der Waals surface area contributed by atoms with Gasteiger partial charge in [0.05, 0.1) is 11.6 Å². The van der Waals surface area contributed by atoms with E-state index in [-0.39, 0.29) is 5.91 Å². The van der Waals surface area contributed by atoms with Crippen molar-refractivity contribution < 1.29 is 4.79 Å². The highest BCUT2D eigenvalue weighted by Crippen LogP contribution is 2.13. The van der Waals surface area contributed by atoms with E-state index in [1.807, 2.05) is 25.2 Å². The average Bonchev–Trinajstić information content (AvgIpc) is 2.55. The number of halogens is 1. The summed E-state index contributed by atoms with van der Waals surface area (Å²) in [6.45, 7) is 1.33. The van der Waals surface area contributed by atoms with E-state index < -0.39 is 0 Å². The summed E-state index contributed by atoms with van der Waals surface area (Å²) in [4.78, 5) is 14.0. The first-order chi connectivity index (χ1) is 11.1. The Hall–Kier alpha value is -2.35. The van der Waals surface area contributed by atoms with E-state index in [0.717, 1.165) is 11.3 Å². The molecule has 0 atom stereocenters. The van der Waals surface area contributed by atoms with Crippen LogP contribution < -0.4 is 5.32 Å². The fourth-order valence-electron chi connectivity index (χ4n) is 2.18. The van der Waals surface area contributed by atoms with Gasteiger partial charge in [-0.2, -0.15) is 5.26 Å². The summed E-state index contributed by atoms with van der Waals surface area (Å²) in [5.41, 5.74) is 2.45. The minimum absolute atomic E-state index is 0.0371. The number of nitriles is 1. The molecule has 1 amide bonds. The zero-order chi connectivity index (χ0) is 16.7. The second-order valence-electron chi connectivity index (χ2n) is 5.36. The molecule has 0 heterocycles. The van der Waals surface area contributed by atoms with E-state index >= 15 is 0 Å². The number of hydrogen-bond acceptors (Lipinski definition) is 3. The van der Waals surface area contributed by atoms with Gasteiger partial charge in [0.1, 0.15) is 0 Å². The van der Waals surface area contributed by atoms with Crippen molar-refractivity contribution in [3.05, 3.63) is 64.7 Å². The van der Waals surface area contributed by atoms with Crippen molar-refractivity contribution in [3.63, 3.8) is 0 Å². The van der Waals surface area contributed by atoms with Crippen LogP contribution in [0.1, 0.15) is 17.5 Å². The van der Waals surface area contributed by atoms with Gasteiger partial charge in [0.15, 0.2) is 0 Å². The van der Waals surface area contributed by atoms with E-state index in [1.54, 1.807) is 30.3 Å². The summed E-state index contributed by atoms with van der Waals surface area (Å²) in [5.74, 6) is -0.0371. The second-order valence-corrected chi connectivity index (χ2v) is 5.79. The summed E-state index contributed by atoms with van der Waals surface area (Å²) in [5, 5.41) is 12.4. The molecule has 0 unspecified atom stereocenters. The van der Waals surface area contributed by atoms with Crippen molar-refractivity contribution in [3.8, 4) is 6.07 Å². The minimum atomic E-state index is -0.0371. The number of nitrogens with zero attached hydrogens (tertiary/aromatic N) is 2. The molecule has 0 saturated carbocycles. The molecule has 0 aliphatic carbocycles.